The Bertz CT molecular complexity index is 862. The first-order chi connectivity index (χ1) is 10.4. The van der Waals surface area contributed by atoms with Gasteiger partial charge in [-0.3, -0.25) is 0 Å². The summed E-state index contributed by atoms with van der Waals surface area (Å²) in [7, 11) is -3.55. The quantitative estimate of drug-likeness (QED) is 0.446. The molecule has 0 radical (unpaired) electrons. The molecule has 0 N–H and O–H groups in total. The summed E-state index contributed by atoms with van der Waals surface area (Å²) >= 11 is 9.51. The second-order valence-corrected chi connectivity index (χ2v) is 10.9. The van der Waals surface area contributed by atoms with Crippen molar-refractivity contribution in [3.63, 3.8) is 0 Å². The Labute approximate surface area is 154 Å². The molecule has 3 rings (SSSR count). The van der Waals surface area contributed by atoms with Crippen LogP contribution in [-0.4, -0.2) is 13.4 Å². The van der Waals surface area contributed by atoms with Gasteiger partial charge in [0.05, 0.1) is 17.2 Å². The van der Waals surface area contributed by atoms with E-state index in [9.17, 15) is 8.42 Å². The lowest BCUT2D eigenvalue weighted by atomic mass is 10.2. The van der Waals surface area contributed by atoms with E-state index in [1.54, 1.807) is 24.3 Å². The Morgan fingerprint density at radius 1 is 1.00 bits per heavy atom. The lowest BCUT2D eigenvalue weighted by Gasteiger charge is -2.00. The Balaban J connectivity index is 0.000000847. The monoisotopic (exact) mass is 481 g/mol. The van der Waals surface area contributed by atoms with E-state index in [0.717, 1.165) is 17.8 Å². The fraction of sp³-hybridized carbons (Fsp3) is 0.214. The smallest absolute Gasteiger partial charge is 0.223 e. The van der Waals surface area contributed by atoms with Gasteiger partial charge in [-0.15, -0.1) is 22.7 Å². The molecule has 3 nitrogen and oxygen atoms in total. The number of benzene rings is 1. The van der Waals surface area contributed by atoms with Gasteiger partial charge in [0.25, 0.3) is 0 Å². The number of sulfone groups is 1. The van der Waals surface area contributed by atoms with Crippen molar-refractivity contribution in [2.24, 2.45) is 0 Å². The highest BCUT2D eigenvalue weighted by Crippen LogP contribution is 2.43. The van der Waals surface area contributed by atoms with Crippen LogP contribution in [0.4, 0.5) is 0 Å². The number of halogens is 2. The van der Waals surface area contributed by atoms with Crippen molar-refractivity contribution < 1.29 is 8.42 Å². The van der Waals surface area contributed by atoms with E-state index in [-0.39, 0.29) is 9.24 Å². The van der Waals surface area contributed by atoms with Gasteiger partial charge in [0, 0.05) is 0 Å². The Kier molecular flexibility index (Phi) is 5.82. The van der Waals surface area contributed by atoms with E-state index >= 15 is 0 Å². The number of thiazole rings is 1. The van der Waals surface area contributed by atoms with Gasteiger partial charge in [0.1, 0.15) is 5.52 Å². The molecule has 0 aliphatic heterocycles. The third kappa shape index (κ3) is 3.31. The van der Waals surface area contributed by atoms with Crippen molar-refractivity contribution in [1.82, 2.24) is 4.98 Å². The van der Waals surface area contributed by atoms with Crippen LogP contribution in [0.1, 0.15) is 19.4 Å². The van der Waals surface area contributed by atoms with Gasteiger partial charge in [-0.25, -0.2) is 13.4 Å². The van der Waals surface area contributed by atoms with Gasteiger partial charge >= 0.3 is 0 Å². The largest absolute Gasteiger partial charge is 0.233 e. The van der Waals surface area contributed by atoms with Crippen LogP contribution in [0, 0.1) is 6.92 Å². The van der Waals surface area contributed by atoms with Crippen LogP contribution in [0.2, 0.25) is 0 Å². The zero-order chi connectivity index (χ0) is 16.5. The first kappa shape index (κ1) is 18.1. The molecule has 0 unspecified atom stereocenters. The van der Waals surface area contributed by atoms with Gasteiger partial charge < -0.3 is 0 Å². The van der Waals surface area contributed by atoms with E-state index in [0.29, 0.717) is 5.52 Å². The van der Waals surface area contributed by atoms with E-state index in [1.165, 1.54) is 22.7 Å². The summed E-state index contributed by atoms with van der Waals surface area (Å²) < 4.78 is 27.8. The first-order valence-electron chi connectivity index (χ1n) is 6.45. The predicted molar refractivity (Wildman–Crippen MR) is 101 cm³/mol. The van der Waals surface area contributed by atoms with Crippen LogP contribution in [0.25, 0.3) is 10.2 Å². The van der Waals surface area contributed by atoms with Gasteiger partial charge in [0.2, 0.25) is 14.2 Å². The second kappa shape index (κ2) is 7.09. The molecule has 0 aliphatic carbocycles. The van der Waals surface area contributed by atoms with Crippen LogP contribution >= 0.6 is 54.5 Å². The maximum Gasteiger partial charge on any atom is 0.233 e. The molecule has 0 saturated carbocycles. The van der Waals surface area contributed by atoms with E-state index in [2.05, 4.69) is 36.8 Å². The predicted octanol–water partition coefficient (Wildman–Crippen LogP) is 6.05. The number of fused-ring (bicyclic) bond motifs is 1. The fourth-order valence-corrected chi connectivity index (χ4v) is 7.57. The number of rotatable bonds is 2. The summed E-state index contributed by atoms with van der Waals surface area (Å²) in [6.07, 6.45) is 0. The minimum atomic E-state index is -3.55. The topological polar surface area (TPSA) is 47.0 Å². The highest BCUT2D eigenvalue weighted by Gasteiger charge is 2.24. The minimum absolute atomic E-state index is 0.126. The van der Waals surface area contributed by atoms with Gasteiger partial charge in [-0.2, -0.15) is 0 Å². The normalized spacial score (nSPS) is 11.3. The Morgan fingerprint density at radius 2 is 1.59 bits per heavy atom. The molecule has 2 aromatic heterocycles. The molecule has 0 spiro atoms. The van der Waals surface area contributed by atoms with E-state index < -0.39 is 9.84 Å². The average molecular weight is 483 g/mol. The molecule has 0 atom stereocenters. The van der Waals surface area contributed by atoms with Crippen LogP contribution in [0.15, 0.2) is 41.1 Å². The molecule has 2 heterocycles. The van der Waals surface area contributed by atoms with Gasteiger partial charge in [-0.1, -0.05) is 31.5 Å². The maximum absolute atomic E-state index is 12.6. The molecular formula is C14H13Br2NO2S3. The third-order valence-corrected chi connectivity index (χ3v) is 8.82. The maximum atomic E-state index is 12.6. The van der Waals surface area contributed by atoms with Crippen LogP contribution < -0.4 is 0 Å². The Hall–Kier alpha value is -0.280. The number of hydrogen-bond donors (Lipinski definition) is 0. The lowest BCUT2D eigenvalue weighted by molar-refractivity contribution is 0.595. The highest BCUT2D eigenvalue weighted by molar-refractivity contribution is 9.12. The number of hydrogen-bond acceptors (Lipinski definition) is 5. The number of aromatic nitrogens is 1. The first-order valence-corrected chi connectivity index (χ1v) is 11.2. The summed E-state index contributed by atoms with van der Waals surface area (Å²) in [4.78, 5) is 4.54. The summed E-state index contributed by atoms with van der Waals surface area (Å²) in [5.74, 6) is 0. The standard InChI is InChI=1S/C12H7Br2NO2S3.C2H6/c1-6-2-4-7(5-3-6)20(16,17)12-15-8-9(18-12)11(14)19-10(8)13;1-2/h2-5H,1H3;1-2H3. The lowest BCUT2D eigenvalue weighted by Crippen LogP contribution is -2.01. The molecule has 0 saturated heterocycles. The molecule has 0 amide bonds. The van der Waals surface area contributed by atoms with Gasteiger partial charge in [0.15, 0.2) is 0 Å². The van der Waals surface area contributed by atoms with Gasteiger partial charge in [-0.05, 0) is 50.9 Å². The van der Waals surface area contributed by atoms with Crippen molar-refractivity contribution in [2.75, 3.05) is 0 Å². The van der Waals surface area contributed by atoms with Crippen molar-refractivity contribution in [2.45, 2.75) is 30.0 Å². The molecular weight excluding hydrogens is 470 g/mol. The third-order valence-electron chi connectivity index (χ3n) is 2.71. The SMILES string of the molecule is CC.Cc1ccc(S(=O)(=O)c2nc3c(Br)sc(Br)c3s2)cc1. The van der Waals surface area contributed by atoms with Crippen LogP contribution in [0.5, 0.6) is 0 Å². The highest BCUT2D eigenvalue weighted by atomic mass is 79.9. The Morgan fingerprint density at radius 3 is 2.14 bits per heavy atom. The zero-order valence-corrected chi connectivity index (χ0v) is 17.7. The van der Waals surface area contributed by atoms with E-state index in [1.807, 2.05) is 20.8 Å². The second-order valence-electron chi connectivity index (χ2n) is 4.12. The zero-order valence-electron chi connectivity index (χ0n) is 12.1. The molecule has 0 fully saturated rings. The van der Waals surface area contributed by atoms with Crippen molar-refractivity contribution in [3.8, 4) is 0 Å². The summed E-state index contributed by atoms with van der Waals surface area (Å²) in [6.45, 7) is 5.92. The molecule has 0 aliphatic rings. The summed E-state index contributed by atoms with van der Waals surface area (Å²) in [5.41, 5.74) is 1.71. The summed E-state index contributed by atoms with van der Waals surface area (Å²) in [6, 6.07) is 6.80. The minimum Gasteiger partial charge on any atom is -0.223 e. The fourth-order valence-electron chi connectivity index (χ4n) is 1.67. The molecule has 22 heavy (non-hydrogen) atoms. The molecule has 1 aromatic carbocycles. The number of nitrogens with zero attached hydrogens (tertiary/aromatic N) is 1. The molecule has 118 valence electrons. The molecule has 0 bridgehead atoms. The van der Waals surface area contributed by atoms with Crippen LogP contribution in [0.3, 0.4) is 0 Å². The van der Waals surface area contributed by atoms with Crippen LogP contribution in [-0.2, 0) is 9.84 Å². The van der Waals surface area contributed by atoms with Crippen molar-refractivity contribution >= 4 is 74.6 Å². The summed E-state index contributed by atoms with van der Waals surface area (Å²) in [5, 5.41) is 0. The van der Waals surface area contributed by atoms with E-state index in [4.69, 9.17) is 0 Å². The number of aryl methyl sites for hydroxylation is 1. The van der Waals surface area contributed by atoms with Crippen molar-refractivity contribution in [1.29, 1.82) is 0 Å². The molecule has 3 aromatic rings. The number of thiophene rings is 1. The molecule has 8 heteroatoms. The van der Waals surface area contributed by atoms with Crippen molar-refractivity contribution in [3.05, 3.63) is 37.4 Å². The average Bonchev–Trinajstić information content (AvgIpc) is 3.05.